The molecule has 9 heteroatoms. The van der Waals surface area contributed by atoms with Crippen molar-refractivity contribution < 1.29 is 22.7 Å². The Kier molecular flexibility index (Phi) is 5.87. The first-order valence-corrected chi connectivity index (χ1v) is 12.9. The summed E-state index contributed by atoms with van der Waals surface area (Å²) in [6, 6.07) is 4.56. The van der Waals surface area contributed by atoms with Crippen LogP contribution in [0.3, 0.4) is 0 Å². The highest BCUT2D eigenvalue weighted by atomic mass is 35.5. The standard InChI is InChI=1S/C23H31ClN2O5S/c1-14-5-6-18(32(29,30)26(3)4)8-19(14)25-20(27)15(2)31-21(28)22-9-16-7-17(10-22)12-23(24,11-16)13-22/h5-6,8,15-17H,7,9-13H2,1-4H3,(H,25,27)/t15-,16+,17+,22?,23?/m0/s1. The van der Waals surface area contributed by atoms with Gasteiger partial charge < -0.3 is 10.1 Å². The molecule has 1 N–H and O–H groups in total. The van der Waals surface area contributed by atoms with E-state index >= 15 is 0 Å². The van der Waals surface area contributed by atoms with E-state index < -0.39 is 27.4 Å². The number of halogens is 1. The van der Waals surface area contributed by atoms with Crippen molar-refractivity contribution >= 4 is 39.2 Å². The van der Waals surface area contributed by atoms with Gasteiger partial charge in [0.1, 0.15) is 0 Å². The number of amides is 1. The maximum Gasteiger partial charge on any atom is 0.312 e. The molecule has 7 nitrogen and oxygen atoms in total. The normalized spacial score (nSPS) is 32.1. The Balaban J connectivity index is 1.46. The molecule has 1 amide bonds. The van der Waals surface area contributed by atoms with Crippen molar-refractivity contribution in [3.05, 3.63) is 23.8 Å². The van der Waals surface area contributed by atoms with Gasteiger partial charge in [0.25, 0.3) is 5.91 Å². The highest BCUT2D eigenvalue weighted by Crippen LogP contribution is 2.64. The number of alkyl halides is 1. The van der Waals surface area contributed by atoms with Crippen molar-refractivity contribution in [3.63, 3.8) is 0 Å². The lowest BCUT2D eigenvalue weighted by Gasteiger charge is -2.58. The Morgan fingerprint density at radius 2 is 1.81 bits per heavy atom. The Hall–Kier alpha value is -1.64. The number of carbonyl (C=O) groups is 2. The fraction of sp³-hybridized carbons (Fsp3) is 0.652. The van der Waals surface area contributed by atoms with Crippen LogP contribution < -0.4 is 5.32 Å². The van der Waals surface area contributed by atoms with Gasteiger partial charge in [-0.25, -0.2) is 12.7 Å². The Morgan fingerprint density at radius 3 is 2.38 bits per heavy atom. The number of hydrogen-bond acceptors (Lipinski definition) is 5. The molecule has 0 aliphatic heterocycles. The van der Waals surface area contributed by atoms with Gasteiger partial charge in [0.2, 0.25) is 10.0 Å². The van der Waals surface area contributed by atoms with Crippen LogP contribution in [0.4, 0.5) is 5.69 Å². The van der Waals surface area contributed by atoms with E-state index in [1.165, 1.54) is 26.2 Å². The van der Waals surface area contributed by atoms with Crippen LogP contribution >= 0.6 is 11.6 Å². The van der Waals surface area contributed by atoms with Gasteiger partial charge in [-0.3, -0.25) is 9.59 Å². The number of carbonyl (C=O) groups excluding carboxylic acids is 2. The predicted octanol–water partition coefficient (Wildman–Crippen LogP) is 3.69. The van der Waals surface area contributed by atoms with E-state index in [-0.39, 0.29) is 15.7 Å². The molecule has 5 rings (SSSR count). The number of sulfonamides is 1. The smallest absolute Gasteiger partial charge is 0.312 e. The first-order chi connectivity index (χ1) is 14.8. The Labute approximate surface area is 194 Å². The van der Waals surface area contributed by atoms with E-state index in [1.807, 2.05) is 0 Å². The van der Waals surface area contributed by atoms with Crippen LogP contribution in [0.1, 0.15) is 51.0 Å². The van der Waals surface area contributed by atoms with Gasteiger partial charge in [-0.1, -0.05) is 6.07 Å². The molecule has 0 unspecified atom stereocenters. The summed E-state index contributed by atoms with van der Waals surface area (Å²) in [7, 11) is -0.741. The second-order valence-corrected chi connectivity index (χ2v) is 13.1. The number of ether oxygens (including phenoxy) is 1. The Bertz CT molecular complexity index is 1040. The molecule has 0 aromatic heterocycles. The van der Waals surface area contributed by atoms with Gasteiger partial charge in [-0.2, -0.15) is 0 Å². The number of nitrogens with one attached hydrogen (secondary N) is 1. The molecule has 176 valence electrons. The molecule has 0 saturated heterocycles. The van der Waals surface area contributed by atoms with Crippen molar-refractivity contribution in [2.45, 2.75) is 68.2 Å². The molecule has 1 aromatic carbocycles. The van der Waals surface area contributed by atoms with E-state index in [1.54, 1.807) is 19.9 Å². The molecule has 3 atom stereocenters. The molecule has 4 aliphatic carbocycles. The molecule has 1 aromatic rings. The molecular formula is C23H31ClN2O5S. The minimum Gasteiger partial charge on any atom is -0.452 e. The first kappa shape index (κ1) is 23.5. The fourth-order valence-electron chi connectivity index (χ4n) is 6.07. The molecule has 4 saturated carbocycles. The van der Waals surface area contributed by atoms with Crippen LogP contribution in [0.2, 0.25) is 0 Å². The van der Waals surface area contributed by atoms with Crippen molar-refractivity contribution in [3.8, 4) is 0 Å². The highest BCUT2D eigenvalue weighted by molar-refractivity contribution is 7.89. The minimum atomic E-state index is -3.64. The van der Waals surface area contributed by atoms with Crippen LogP contribution in [0.25, 0.3) is 0 Å². The van der Waals surface area contributed by atoms with E-state index in [0.29, 0.717) is 29.5 Å². The molecule has 4 aliphatic rings. The van der Waals surface area contributed by atoms with Crippen molar-refractivity contribution in [1.82, 2.24) is 4.31 Å². The molecule has 0 spiro atoms. The average Bonchev–Trinajstić information content (AvgIpc) is 2.67. The van der Waals surface area contributed by atoms with Crippen LogP contribution in [0.5, 0.6) is 0 Å². The van der Waals surface area contributed by atoms with Crippen LogP contribution in [0, 0.1) is 24.2 Å². The van der Waals surface area contributed by atoms with Gasteiger partial charge in [-0.15, -0.1) is 11.6 Å². The summed E-state index contributed by atoms with van der Waals surface area (Å²) in [5.41, 5.74) is 0.491. The van der Waals surface area contributed by atoms with E-state index in [2.05, 4.69) is 5.32 Å². The summed E-state index contributed by atoms with van der Waals surface area (Å²) in [5.74, 6) is 0.0787. The monoisotopic (exact) mass is 482 g/mol. The summed E-state index contributed by atoms with van der Waals surface area (Å²) in [5, 5.41) is 2.72. The summed E-state index contributed by atoms with van der Waals surface area (Å²) in [4.78, 5) is 25.8. The molecule has 4 fully saturated rings. The lowest BCUT2D eigenvalue weighted by atomic mass is 9.49. The zero-order chi connectivity index (χ0) is 23.5. The maximum absolute atomic E-state index is 13.2. The summed E-state index contributed by atoms with van der Waals surface area (Å²) in [6.45, 7) is 3.31. The van der Waals surface area contributed by atoms with Crippen LogP contribution in [-0.4, -0.2) is 49.7 Å². The third-order valence-corrected chi connectivity index (χ3v) is 9.57. The Morgan fingerprint density at radius 1 is 1.19 bits per heavy atom. The average molecular weight is 483 g/mol. The minimum absolute atomic E-state index is 0.0778. The molecule has 0 heterocycles. The second kappa shape index (κ2) is 7.99. The lowest BCUT2D eigenvalue weighted by molar-refractivity contribution is -0.176. The largest absolute Gasteiger partial charge is 0.452 e. The zero-order valence-electron chi connectivity index (χ0n) is 19.0. The third-order valence-electron chi connectivity index (χ3n) is 7.32. The SMILES string of the molecule is Cc1ccc(S(=O)(=O)N(C)C)cc1NC(=O)[C@H](C)OC(=O)C12C[C@H]3C[C@@H](CC(Cl)(C3)C1)C2. The quantitative estimate of drug-likeness (QED) is 0.493. The maximum atomic E-state index is 13.2. The number of aryl methyl sites for hydroxylation is 1. The molecule has 32 heavy (non-hydrogen) atoms. The number of nitrogens with zero attached hydrogens (tertiary/aromatic N) is 1. The van der Waals surface area contributed by atoms with Gasteiger partial charge in [0.05, 0.1) is 10.3 Å². The van der Waals surface area contributed by atoms with Gasteiger partial charge in [0.15, 0.2) is 6.10 Å². The summed E-state index contributed by atoms with van der Waals surface area (Å²) >= 11 is 6.82. The molecule has 4 bridgehead atoms. The van der Waals surface area contributed by atoms with Crippen molar-refractivity contribution in [2.24, 2.45) is 17.3 Å². The highest BCUT2D eigenvalue weighted by Gasteiger charge is 2.61. The fourth-order valence-corrected chi connectivity index (χ4v) is 7.69. The number of benzene rings is 1. The van der Waals surface area contributed by atoms with E-state index in [9.17, 15) is 18.0 Å². The number of hydrogen-bond donors (Lipinski definition) is 1. The second-order valence-electron chi connectivity index (χ2n) is 10.2. The first-order valence-electron chi connectivity index (χ1n) is 11.1. The van der Waals surface area contributed by atoms with Gasteiger partial charge in [0, 0.05) is 24.7 Å². The number of rotatable bonds is 6. The van der Waals surface area contributed by atoms with E-state index in [4.69, 9.17) is 16.3 Å². The molecular weight excluding hydrogens is 452 g/mol. The lowest BCUT2D eigenvalue weighted by Crippen LogP contribution is -2.57. The zero-order valence-corrected chi connectivity index (χ0v) is 20.6. The van der Waals surface area contributed by atoms with Crippen LogP contribution in [0.15, 0.2) is 23.1 Å². The van der Waals surface area contributed by atoms with E-state index in [0.717, 1.165) is 36.4 Å². The summed E-state index contributed by atoms with van der Waals surface area (Å²) in [6.07, 6.45) is 4.23. The predicted molar refractivity (Wildman–Crippen MR) is 122 cm³/mol. The number of esters is 1. The summed E-state index contributed by atoms with van der Waals surface area (Å²) < 4.78 is 31.6. The van der Waals surface area contributed by atoms with Gasteiger partial charge >= 0.3 is 5.97 Å². The van der Waals surface area contributed by atoms with Crippen LogP contribution in [-0.2, 0) is 24.3 Å². The number of anilines is 1. The van der Waals surface area contributed by atoms with Crippen molar-refractivity contribution in [2.75, 3.05) is 19.4 Å². The third kappa shape index (κ3) is 4.17. The van der Waals surface area contributed by atoms with Crippen molar-refractivity contribution in [1.29, 1.82) is 0 Å². The topological polar surface area (TPSA) is 92.8 Å². The van der Waals surface area contributed by atoms with Gasteiger partial charge in [-0.05, 0) is 81.9 Å². The molecule has 0 radical (unpaired) electrons.